The van der Waals surface area contributed by atoms with E-state index in [9.17, 15) is 9.18 Å². The molecular formula is C8H11FO3. The molecule has 2 aliphatic rings. The largest absolute Gasteiger partial charge is 0.479 e. The average molecular weight is 174 g/mol. The first kappa shape index (κ1) is 7.98. The van der Waals surface area contributed by atoms with Gasteiger partial charge >= 0.3 is 5.97 Å². The third-order valence-corrected chi connectivity index (χ3v) is 3.09. The van der Waals surface area contributed by atoms with E-state index in [1.54, 1.807) is 0 Å². The van der Waals surface area contributed by atoms with Gasteiger partial charge in [0, 0.05) is 25.0 Å². The van der Waals surface area contributed by atoms with E-state index in [4.69, 9.17) is 9.84 Å². The summed E-state index contributed by atoms with van der Waals surface area (Å²) in [6, 6.07) is 0. The van der Waals surface area contributed by atoms with Gasteiger partial charge in [0.25, 0.3) is 0 Å². The summed E-state index contributed by atoms with van der Waals surface area (Å²) in [7, 11) is 0. The summed E-state index contributed by atoms with van der Waals surface area (Å²) in [6.45, 7) is 0.998. The van der Waals surface area contributed by atoms with E-state index in [1.165, 1.54) is 0 Å². The van der Waals surface area contributed by atoms with Gasteiger partial charge in [-0.05, 0) is 12.8 Å². The minimum absolute atomic E-state index is 0.179. The number of alkyl halides is 1. The van der Waals surface area contributed by atoms with Crippen molar-refractivity contribution in [2.24, 2.45) is 5.41 Å². The van der Waals surface area contributed by atoms with E-state index in [0.29, 0.717) is 26.1 Å². The molecule has 1 aliphatic heterocycles. The van der Waals surface area contributed by atoms with Gasteiger partial charge in [-0.25, -0.2) is 9.18 Å². The molecule has 1 saturated carbocycles. The Labute approximate surface area is 69.5 Å². The van der Waals surface area contributed by atoms with E-state index in [-0.39, 0.29) is 6.42 Å². The van der Waals surface area contributed by atoms with Crippen LogP contribution in [0.15, 0.2) is 0 Å². The van der Waals surface area contributed by atoms with E-state index in [1.807, 2.05) is 0 Å². The molecule has 1 spiro atoms. The van der Waals surface area contributed by atoms with Crippen molar-refractivity contribution >= 4 is 5.97 Å². The lowest BCUT2D eigenvalue weighted by Gasteiger charge is -2.22. The summed E-state index contributed by atoms with van der Waals surface area (Å²) in [5, 5.41) is 8.61. The van der Waals surface area contributed by atoms with E-state index >= 15 is 0 Å². The maximum absolute atomic E-state index is 13.5. The highest BCUT2D eigenvalue weighted by Crippen LogP contribution is 2.64. The minimum atomic E-state index is -1.95. The zero-order chi connectivity index (χ0) is 8.82. The van der Waals surface area contributed by atoms with Crippen LogP contribution >= 0.6 is 0 Å². The number of halogens is 1. The third-order valence-electron chi connectivity index (χ3n) is 3.09. The van der Waals surface area contributed by atoms with Gasteiger partial charge in [-0.15, -0.1) is 0 Å². The Bertz CT molecular complexity index is 222. The van der Waals surface area contributed by atoms with E-state index < -0.39 is 17.1 Å². The molecule has 1 unspecified atom stereocenters. The highest BCUT2D eigenvalue weighted by molar-refractivity contribution is 5.83. The first-order valence-corrected chi connectivity index (χ1v) is 4.11. The molecule has 12 heavy (non-hydrogen) atoms. The quantitative estimate of drug-likeness (QED) is 0.644. The zero-order valence-electron chi connectivity index (χ0n) is 6.68. The molecule has 2 fully saturated rings. The Kier molecular flexibility index (Phi) is 1.46. The fourth-order valence-corrected chi connectivity index (χ4v) is 2.06. The lowest BCUT2D eigenvalue weighted by atomic mass is 9.93. The second-order valence-corrected chi connectivity index (χ2v) is 3.68. The van der Waals surface area contributed by atoms with Crippen molar-refractivity contribution in [1.82, 2.24) is 0 Å². The van der Waals surface area contributed by atoms with Crippen LogP contribution in [0.4, 0.5) is 4.39 Å². The second-order valence-electron chi connectivity index (χ2n) is 3.68. The number of ether oxygens (including phenoxy) is 1. The number of carbonyl (C=O) groups is 1. The van der Waals surface area contributed by atoms with Crippen LogP contribution in [-0.4, -0.2) is 30.0 Å². The molecular weight excluding hydrogens is 163 g/mol. The summed E-state index contributed by atoms with van der Waals surface area (Å²) in [5.41, 5.74) is -2.53. The van der Waals surface area contributed by atoms with Gasteiger partial charge in [0.1, 0.15) is 0 Å². The lowest BCUT2D eigenvalue weighted by Crippen LogP contribution is -2.30. The van der Waals surface area contributed by atoms with Gasteiger partial charge in [-0.2, -0.15) is 0 Å². The maximum Gasteiger partial charge on any atom is 0.342 e. The van der Waals surface area contributed by atoms with Crippen molar-refractivity contribution in [3.8, 4) is 0 Å². The summed E-state index contributed by atoms with van der Waals surface area (Å²) in [4.78, 5) is 10.5. The summed E-state index contributed by atoms with van der Waals surface area (Å²) >= 11 is 0. The van der Waals surface area contributed by atoms with Gasteiger partial charge in [0.2, 0.25) is 5.67 Å². The number of carboxylic acid groups (broad SMARTS) is 1. The van der Waals surface area contributed by atoms with Gasteiger partial charge in [0.05, 0.1) is 0 Å². The Morgan fingerprint density at radius 3 is 2.42 bits per heavy atom. The normalized spacial score (nSPS) is 38.1. The maximum atomic E-state index is 13.5. The Morgan fingerprint density at radius 1 is 1.42 bits per heavy atom. The van der Waals surface area contributed by atoms with Crippen LogP contribution in [0.3, 0.4) is 0 Å². The van der Waals surface area contributed by atoms with Crippen molar-refractivity contribution in [2.75, 3.05) is 13.2 Å². The van der Waals surface area contributed by atoms with Crippen molar-refractivity contribution in [1.29, 1.82) is 0 Å². The Hall–Kier alpha value is -0.640. The van der Waals surface area contributed by atoms with Gasteiger partial charge < -0.3 is 9.84 Å². The second kappa shape index (κ2) is 2.19. The molecule has 3 nitrogen and oxygen atoms in total. The van der Waals surface area contributed by atoms with Gasteiger partial charge in [0.15, 0.2) is 0 Å². The van der Waals surface area contributed by atoms with Crippen molar-refractivity contribution < 1.29 is 19.0 Å². The number of aliphatic carboxylic acids is 1. The molecule has 68 valence electrons. The number of hydrogen-bond donors (Lipinski definition) is 1. The van der Waals surface area contributed by atoms with Crippen LogP contribution < -0.4 is 0 Å². The van der Waals surface area contributed by atoms with Gasteiger partial charge in [-0.1, -0.05) is 0 Å². The summed E-state index contributed by atoms with van der Waals surface area (Å²) in [5.74, 6) is -1.30. The molecule has 0 aromatic heterocycles. The predicted molar refractivity (Wildman–Crippen MR) is 38.6 cm³/mol. The Balaban J connectivity index is 2.12. The van der Waals surface area contributed by atoms with Crippen LogP contribution in [0.5, 0.6) is 0 Å². The van der Waals surface area contributed by atoms with Crippen molar-refractivity contribution in [3.05, 3.63) is 0 Å². The molecule has 1 heterocycles. The third kappa shape index (κ3) is 0.813. The number of rotatable bonds is 1. The standard InChI is InChI=1S/C8H11FO3/c9-8(6(10)11)5-7(8)1-3-12-4-2-7/h1-5H2,(H,10,11). The molecule has 1 saturated heterocycles. The minimum Gasteiger partial charge on any atom is -0.479 e. The first-order chi connectivity index (χ1) is 5.61. The molecule has 1 aliphatic carbocycles. The SMILES string of the molecule is O=C(O)C1(F)CC12CCOCC2. The smallest absolute Gasteiger partial charge is 0.342 e. The van der Waals surface area contributed by atoms with E-state index in [2.05, 4.69) is 0 Å². The summed E-state index contributed by atoms with van der Waals surface area (Å²) < 4.78 is 18.6. The molecule has 0 radical (unpaired) electrons. The number of carboxylic acids is 1. The Morgan fingerprint density at radius 2 is 2.00 bits per heavy atom. The van der Waals surface area contributed by atoms with Crippen LogP contribution in [0.25, 0.3) is 0 Å². The molecule has 1 atom stereocenters. The molecule has 0 bridgehead atoms. The molecule has 1 N–H and O–H groups in total. The molecule has 2 rings (SSSR count). The summed E-state index contributed by atoms with van der Waals surface area (Å²) in [6.07, 6.45) is 1.28. The lowest BCUT2D eigenvalue weighted by molar-refractivity contribution is -0.147. The highest BCUT2D eigenvalue weighted by atomic mass is 19.1. The molecule has 0 aromatic rings. The van der Waals surface area contributed by atoms with E-state index in [0.717, 1.165) is 0 Å². The predicted octanol–water partition coefficient (Wildman–Crippen LogP) is 0.980. The average Bonchev–Trinajstić information content (AvgIpc) is 2.59. The van der Waals surface area contributed by atoms with Crippen LogP contribution in [0, 0.1) is 5.41 Å². The van der Waals surface area contributed by atoms with Crippen molar-refractivity contribution in [3.63, 3.8) is 0 Å². The molecule has 0 aromatic carbocycles. The van der Waals surface area contributed by atoms with Crippen LogP contribution in [0.1, 0.15) is 19.3 Å². The number of hydrogen-bond acceptors (Lipinski definition) is 2. The van der Waals surface area contributed by atoms with Crippen LogP contribution in [0.2, 0.25) is 0 Å². The van der Waals surface area contributed by atoms with Crippen LogP contribution in [-0.2, 0) is 9.53 Å². The monoisotopic (exact) mass is 174 g/mol. The van der Waals surface area contributed by atoms with Crippen molar-refractivity contribution in [2.45, 2.75) is 24.9 Å². The van der Waals surface area contributed by atoms with Gasteiger partial charge in [-0.3, -0.25) is 0 Å². The first-order valence-electron chi connectivity index (χ1n) is 4.11. The highest BCUT2D eigenvalue weighted by Gasteiger charge is 2.73. The fourth-order valence-electron chi connectivity index (χ4n) is 2.06. The zero-order valence-corrected chi connectivity index (χ0v) is 6.68. The molecule has 0 amide bonds. The topological polar surface area (TPSA) is 46.5 Å². The molecule has 4 heteroatoms. The fraction of sp³-hybridized carbons (Fsp3) is 0.875.